The van der Waals surface area contributed by atoms with Gasteiger partial charge in [0.2, 0.25) is 0 Å². The highest BCUT2D eigenvalue weighted by Crippen LogP contribution is 2.28. The Morgan fingerprint density at radius 3 is 2.95 bits per heavy atom. The van der Waals surface area contributed by atoms with Gasteiger partial charge < -0.3 is 14.4 Å². The average molecular weight is 377 g/mol. The number of aliphatic carboxylic acids is 1. The van der Waals surface area contributed by atoms with Crippen molar-refractivity contribution in [2.45, 2.75) is 24.7 Å². The molecule has 1 N–H and O–H groups in total. The van der Waals surface area contributed by atoms with Crippen molar-refractivity contribution in [3.05, 3.63) is 22.4 Å². The van der Waals surface area contributed by atoms with E-state index in [1.807, 2.05) is 6.92 Å². The van der Waals surface area contributed by atoms with Crippen LogP contribution in [0.25, 0.3) is 11.0 Å². The Bertz CT molecular complexity index is 677. The number of carboxylic acid groups (broad SMARTS) is 1. The largest absolute Gasteiger partial charge is 0.481 e. The van der Waals surface area contributed by atoms with Gasteiger partial charge in [0, 0.05) is 13.2 Å². The Morgan fingerprint density at radius 1 is 1.62 bits per heavy atom. The SMILES string of the molecule is COC(C)Cn1c(SCC(=O)O)nc2cc(Br)c(F)cc21. The molecule has 1 heterocycles. The summed E-state index contributed by atoms with van der Waals surface area (Å²) in [5.74, 6) is -1.41. The van der Waals surface area contributed by atoms with E-state index >= 15 is 0 Å². The van der Waals surface area contributed by atoms with Crippen LogP contribution < -0.4 is 0 Å². The Morgan fingerprint density at radius 2 is 2.33 bits per heavy atom. The van der Waals surface area contributed by atoms with E-state index in [9.17, 15) is 9.18 Å². The number of nitrogens with zero attached hydrogens (tertiary/aromatic N) is 2. The number of hydrogen-bond acceptors (Lipinski definition) is 4. The van der Waals surface area contributed by atoms with Crippen molar-refractivity contribution < 1.29 is 19.0 Å². The van der Waals surface area contributed by atoms with E-state index in [1.54, 1.807) is 17.7 Å². The lowest BCUT2D eigenvalue weighted by Crippen LogP contribution is -2.15. The molecule has 0 amide bonds. The van der Waals surface area contributed by atoms with E-state index in [2.05, 4.69) is 20.9 Å². The maximum Gasteiger partial charge on any atom is 0.313 e. The molecule has 0 aliphatic rings. The van der Waals surface area contributed by atoms with Gasteiger partial charge in [0.05, 0.1) is 33.9 Å². The Balaban J connectivity index is 2.48. The van der Waals surface area contributed by atoms with E-state index < -0.39 is 5.97 Å². The van der Waals surface area contributed by atoms with Crippen LogP contribution >= 0.6 is 27.7 Å². The van der Waals surface area contributed by atoms with E-state index in [1.165, 1.54) is 6.07 Å². The Kier molecular flexibility index (Phi) is 5.23. The molecule has 1 atom stereocenters. The molecule has 5 nitrogen and oxygen atoms in total. The predicted molar refractivity (Wildman–Crippen MR) is 82.2 cm³/mol. The molecule has 0 radical (unpaired) electrons. The molecular weight excluding hydrogens is 363 g/mol. The van der Waals surface area contributed by atoms with Crippen molar-refractivity contribution in [3.8, 4) is 0 Å². The Hall–Kier alpha value is -1.12. The number of methoxy groups -OCH3 is 1. The second kappa shape index (κ2) is 6.76. The van der Waals surface area contributed by atoms with Crippen molar-refractivity contribution in [3.63, 3.8) is 0 Å². The van der Waals surface area contributed by atoms with Crippen molar-refractivity contribution in [1.29, 1.82) is 0 Å². The highest BCUT2D eigenvalue weighted by atomic mass is 79.9. The fourth-order valence-electron chi connectivity index (χ4n) is 1.84. The third-order valence-electron chi connectivity index (χ3n) is 2.92. The molecule has 0 aliphatic carbocycles. The molecule has 0 saturated carbocycles. The molecule has 21 heavy (non-hydrogen) atoms. The first-order valence-electron chi connectivity index (χ1n) is 6.15. The summed E-state index contributed by atoms with van der Waals surface area (Å²) in [4.78, 5) is 15.1. The third-order valence-corrected chi connectivity index (χ3v) is 4.49. The minimum absolute atomic E-state index is 0.0988. The van der Waals surface area contributed by atoms with Gasteiger partial charge in [-0.1, -0.05) is 11.8 Å². The van der Waals surface area contributed by atoms with Gasteiger partial charge in [0.15, 0.2) is 5.16 Å². The molecule has 8 heteroatoms. The number of carbonyl (C=O) groups is 1. The van der Waals surface area contributed by atoms with Crippen LogP contribution in [0, 0.1) is 5.82 Å². The second-order valence-electron chi connectivity index (χ2n) is 4.49. The Labute approximate surface area is 133 Å². The summed E-state index contributed by atoms with van der Waals surface area (Å²) in [7, 11) is 1.59. The number of carboxylic acids is 1. The molecule has 0 saturated heterocycles. The van der Waals surface area contributed by atoms with Crippen LogP contribution in [-0.4, -0.2) is 39.6 Å². The first-order valence-corrected chi connectivity index (χ1v) is 7.93. The molecule has 0 spiro atoms. The fraction of sp³-hybridized carbons (Fsp3) is 0.385. The minimum Gasteiger partial charge on any atom is -0.481 e. The minimum atomic E-state index is -0.925. The van der Waals surface area contributed by atoms with Gasteiger partial charge in [0.25, 0.3) is 0 Å². The molecule has 0 aliphatic heterocycles. The maximum atomic E-state index is 13.8. The van der Waals surface area contributed by atoms with E-state index in [-0.39, 0.29) is 17.7 Å². The van der Waals surface area contributed by atoms with Crippen LogP contribution in [0.4, 0.5) is 4.39 Å². The first-order chi connectivity index (χ1) is 9.92. The van der Waals surface area contributed by atoms with Gasteiger partial charge in [-0.25, -0.2) is 9.37 Å². The van der Waals surface area contributed by atoms with Crippen molar-refractivity contribution in [2.24, 2.45) is 0 Å². The number of halogens is 2. The number of benzene rings is 1. The molecule has 1 unspecified atom stereocenters. The van der Waals surface area contributed by atoms with Crippen LogP contribution in [0.2, 0.25) is 0 Å². The molecule has 0 bridgehead atoms. The van der Waals surface area contributed by atoms with E-state index in [4.69, 9.17) is 9.84 Å². The number of aromatic nitrogens is 2. The number of rotatable bonds is 6. The van der Waals surface area contributed by atoms with Crippen LogP contribution in [0.3, 0.4) is 0 Å². The summed E-state index contributed by atoms with van der Waals surface area (Å²) in [6, 6.07) is 2.98. The number of thioether (sulfide) groups is 1. The monoisotopic (exact) mass is 376 g/mol. The van der Waals surface area contributed by atoms with E-state index in [0.717, 1.165) is 11.8 Å². The zero-order valence-corrected chi connectivity index (χ0v) is 13.9. The average Bonchev–Trinajstić information content (AvgIpc) is 2.74. The third kappa shape index (κ3) is 3.75. The quantitative estimate of drug-likeness (QED) is 0.784. The number of fused-ring (bicyclic) bond motifs is 1. The molecule has 0 fully saturated rings. The highest BCUT2D eigenvalue weighted by Gasteiger charge is 2.16. The molecule has 114 valence electrons. The zero-order chi connectivity index (χ0) is 15.6. The summed E-state index contributed by atoms with van der Waals surface area (Å²) in [6.07, 6.45) is -0.0988. The summed E-state index contributed by atoms with van der Waals surface area (Å²) in [5, 5.41) is 9.34. The van der Waals surface area contributed by atoms with Gasteiger partial charge in [-0.3, -0.25) is 4.79 Å². The van der Waals surface area contributed by atoms with Gasteiger partial charge in [-0.15, -0.1) is 0 Å². The number of hydrogen-bond donors (Lipinski definition) is 1. The molecule has 2 aromatic rings. The predicted octanol–water partition coefficient (Wildman–Crippen LogP) is 3.15. The van der Waals surface area contributed by atoms with Gasteiger partial charge in [0.1, 0.15) is 5.82 Å². The zero-order valence-electron chi connectivity index (χ0n) is 11.5. The van der Waals surface area contributed by atoms with E-state index in [0.29, 0.717) is 27.2 Å². The maximum absolute atomic E-state index is 13.8. The van der Waals surface area contributed by atoms with Gasteiger partial charge in [-0.2, -0.15) is 0 Å². The van der Waals surface area contributed by atoms with Crippen LogP contribution in [0.5, 0.6) is 0 Å². The van der Waals surface area contributed by atoms with Crippen LogP contribution in [0.15, 0.2) is 21.8 Å². The standard InChI is InChI=1S/C13H14BrFN2O3S/c1-7(20-2)5-17-11-4-9(15)8(14)3-10(11)16-13(17)21-6-12(18)19/h3-4,7H,5-6H2,1-2H3,(H,18,19). The molecule has 1 aromatic heterocycles. The highest BCUT2D eigenvalue weighted by molar-refractivity contribution is 9.10. The number of ether oxygens (including phenoxy) is 1. The summed E-state index contributed by atoms with van der Waals surface area (Å²) in [5.41, 5.74) is 1.23. The number of imidazole rings is 1. The normalized spacial score (nSPS) is 12.8. The first kappa shape index (κ1) is 16.3. The molecule has 2 rings (SSSR count). The lowest BCUT2D eigenvalue weighted by Gasteiger charge is -2.13. The van der Waals surface area contributed by atoms with Crippen molar-refractivity contribution in [2.75, 3.05) is 12.9 Å². The summed E-state index contributed by atoms with van der Waals surface area (Å²) >= 11 is 4.23. The molecule has 1 aromatic carbocycles. The second-order valence-corrected chi connectivity index (χ2v) is 6.29. The van der Waals surface area contributed by atoms with Gasteiger partial charge in [-0.05, 0) is 28.9 Å². The topological polar surface area (TPSA) is 64.3 Å². The summed E-state index contributed by atoms with van der Waals surface area (Å²) < 4.78 is 21.1. The smallest absolute Gasteiger partial charge is 0.313 e. The van der Waals surface area contributed by atoms with Crippen LogP contribution in [-0.2, 0) is 16.1 Å². The van der Waals surface area contributed by atoms with Gasteiger partial charge >= 0.3 is 5.97 Å². The van der Waals surface area contributed by atoms with Crippen molar-refractivity contribution >= 4 is 44.7 Å². The van der Waals surface area contributed by atoms with Crippen molar-refractivity contribution in [1.82, 2.24) is 9.55 Å². The lowest BCUT2D eigenvalue weighted by molar-refractivity contribution is -0.133. The fourth-order valence-corrected chi connectivity index (χ4v) is 2.92. The summed E-state index contributed by atoms with van der Waals surface area (Å²) in [6.45, 7) is 2.35. The van der Waals surface area contributed by atoms with Crippen LogP contribution in [0.1, 0.15) is 6.92 Å². The molecular formula is C13H14BrFN2O3S. The lowest BCUT2D eigenvalue weighted by atomic mass is 10.3.